The molecule has 2 fully saturated rings. The van der Waals surface area contributed by atoms with Crippen molar-refractivity contribution in [3.63, 3.8) is 0 Å². The van der Waals surface area contributed by atoms with Gasteiger partial charge in [0.15, 0.2) is 0 Å². The summed E-state index contributed by atoms with van der Waals surface area (Å²) in [7, 11) is 0. The van der Waals surface area contributed by atoms with Crippen LogP contribution in [0, 0.1) is 11.8 Å². The quantitative estimate of drug-likeness (QED) is 0.830. The lowest BCUT2D eigenvalue weighted by Crippen LogP contribution is -2.47. The number of carbonyl (C=O) groups is 2. The van der Waals surface area contributed by atoms with Gasteiger partial charge in [-0.2, -0.15) is 0 Å². The van der Waals surface area contributed by atoms with Gasteiger partial charge in [0.25, 0.3) is 0 Å². The first-order valence-corrected chi connectivity index (χ1v) is 7.64. The van der Waals surface area contributed by atoms with E-state index in [2.05, 4.69) is 12.2 Å². The van der Waals surface area contributed by atoms with Gasteiger partial charge in [0.05, 0.1) is 0 Å². The molecule has 108 valence electrons. The van der Waals surface area contributed by atoms with Crippen LogP contribution in [0.25, 0.3) is 0 Å². The second kappa shape index (κ2) is 6.40. The predicted octanol–water partition coefficient (Wildman–Crippen LogP) is 1.94. The average Bonchev–Trinajstić information content (AvgIpc) is 2.41. The molecule has 1 aliphatic heterocycles. The van der Waals surface area contributed by atoms with Crippen molar-refractivity contribution in [3.05, 3.63) is 0 Å². The molecule has 4 nitrogen and oxygen atoms in total. The Morgan fingerprint density at radius 2 is 1.68 bits per heavy atom. The van der Waals surface area contributed by atoms with E-state index in [-0.39, 0.29) is 17.7 Å². The molecule has 0 radical (unpaired) electrons. The normalized spacial score (nSPS) is 29.1. The van der Waals surface area contributed by atoms with Gasteiger partial charge in [0.1, 0.15) is 0 Å². The molecule has 1 saturated heterocycles. The molecule has 0 spiro atoms. The molecule has 2 rings (SSSR count). The lowest BCUT2D eigenvalue weighted by Gasteiger charge is -2.34. The second-order valence-electron chi connectivity index (χ2n) is 6.16. The van der Waals surface area contributed by atoms with E-state index in [1.165, 1.54) is 19.3 Å². The number of nitrogens with one attached hydrogen (secondary N) is 1. The number of nitrogens with zero attached hydrogens (tertiary/aromatic N) is 1. The Morgan fingerprint density at radius 3 is 2.26 bits per heavy atom. The zero-order valence-corrected chi connectivity index (χ0v) is 12.2. The molecule has 1 aliphatic carbocycles. The Balaban J connectivity index is 1.79. The minimum Gasteiger partial charge on any atom is -0.353 e. The van der Waals surface area contributed by atoms with Gasteiger partial charge in [-0.1, -0.05) is 19.8 Å². The monoisotopic (exact) mass is 266 g/mol. The molecular formula is C15H26N2O2. The topological polar surface area (TPSA) is 49.4 Å². The molecule has 4 heteroatoms. The summed E-state index contributed by atoms with van der Waals surface area (Å²) in [6.07, 6.45) is 6.51. The first-order valence-electron chi connectivity index (χ1n) is 7.64. The largest absolute Gasteiger partial charge is 0.353 e. The van der Waals surface area contributed by atoms with E-state index in [9.17, 15) is 9.59 Å². The van der Waals surface area contributed by atoms with E-state index >= 15 is 0 Å². The van der Waals surface area contributed by atoms with Crippen molar-refractivity contribution in [1.29, 1.82) is 0 Å². The molecule has 2 amide bonds. The van der Waals surface area contributed by atoms with Gasteiger partial charge in [-0.15, -0.1) is 0 Å². The molecule has 0 aromatic carbocycles. The fraction of sp³-hybridized carbons (Fsp3) is 0.867. The van der Waals surface area contributed by atoms with E-state index in [0.29, 0.717) is 12.0 Å². The van der Waals surface area contributed by atoms with Crippen molar-refractivity contribution in [2.75, 3.05) is 13.1 Å². The molecule has 0 aromatic heterocycles. The predicted molar refractivity (Wildman–Crippen MR) is 74.5 cm³/mol. The van der Waals surface area contributed by atoms with Crippen LogP contribution in [-0.2, 0) is 9.59 Å². The molecule has 0 bridgehead atoms. The summed E-state index contributed by atoms with van der Waals surface area (Å²) in [5.41, 5.74) is 0. The molecule has 1 saturated carbocycles. The van der Waals surface area contributed by atoms with Gasteiger partial charge in [0, 0.05) is 32.0 Å². The highest BCUT2D eigenvalue weighted by Gasteiger charge is 2.29. The molecule has 1 heterocycles. The maximum absolute atomic E-state index is 12.3. The van der Waals surface area contributed by atoms with Crippen LogP contribution in [0.2, 0.25) is 0 Å². The third-order valence-electron chi connectivity index (χ3n) is 4.75. The van der Waals surface area contributed by atoms with E-state index in [0.717, 1.165) is 32.4 Å². The third-order valence-corrected chi connectivity index (χ3v) is 4.75. The number of hydrogen-bond acceptors (Lipinski definition) is 2. The smallest absolute Gasteiger partial charge is 0.223 e. The number of rotatable bonds is 2. The van der Waals surface area contributed by atoms with Crippen molar-refractivity contribution in [2.24, 2.45) is 11.8 Å². The first-order chi connectivity index (χ1) is 9.08. The molecule has 1 N–H and O–H groups in total. The van der Waals surface area contributed by atoms with Gasteiger partial charge in [-0.05, 0) is 31.6 Å². The summed E-state index contributed by atoms with van der Waals surface area (Å²) >= 11 is 0. The SMILES string of the molecule is CC(=O)N1CCC(C(=O)NC2CCCCC2C)CC1. The Bertz CT molecular complexity index is 335. The Kier molecular flexibility index (Phi) is 4.83. The van der Waals surface area contributed by atoms with Gasteiger partial charge >= 0.3 is 0 Å². The Morgan fingerprint density at radius 1 is 1.05 bits per heavy atom. The number of hydrogen-bond donors (Lipinski definition) is 1. The average molecular weight is 266 g/mol. The lowest BCUT2D eigenvalue weighted by atomic mass is 9.85. The fourth-order valence-corrected chi connectivity index (χ4v) is 3.29. The van der Waals surface area contributed by atoms with E-state index in [1.807, 2.05) is 4.90 Å². The first kappa shape index (κ1) is 14.4. The maximum Gasteiger partial charge on any atom is 0.223 e. The van der Waals surface area contributed by atoms with Gasteiger partial charge < -0.3 is 10.2 Å². The highest BCUT2D eigenvalue weighted by atomic mass is 16.2. The Labute approximate surface area is 115 Å². The number of carbonyl (C=O) groups excluding carboxylic acids is 2. The van der Waals surface area contributed by atoms with E-state index in [1.54, 1.807) is 6.92 Å². The summed E-state index contributed by atoms with van der Waals surface area (Å²) < 4.78 is 0. The number of likely N-dealkylation sites (tertiary alicyclic amines) is 1. The van der Waals surface area contributed by atoms with Crippen LogP contribution in [0.5, 0.6) is 0 Å². The van der Waals surface area contributed by atoms with Crippen molar-refractivity contribution in [1.82, 2.24) is 10.2 Å². The van der Waals surface area contributed by atoms with Gasteiger partial charge in [-0.3, -0.25) is 9.59 Å². The summed E-state index contributed by atoms with van der Waals surface area (Å²) in [5, 5.41) is 3.24. The van der Waals surface area contributed by atoms with Crippen LogP contribution in [0.4, 0.5) is 0 Å². The standard InChI is InChI=1S/C15H26N2O2/c1-11-5-3-4-6-14(11)16-15(19)13-7-9-17(10-8-13)12(2)18/h11,13-14H,3-10H2,1-2H3,(H,16,19). The summed E-state index contributed by atoms with van der Waals surface area (Å²) in [4.78, 5) is 25.4. The maximum atomic E-state index is 12.3. The highest BCUT2D eigenvalue weighted by Crippen LogP contribution is 2.25. The van der Waals surface area contributed by atoms with Crippen molar-refractivity contribution in [2.45, 2.75) is 58.4 Å². The third kappa shape index (κ3) is 3.71. The van der Waals surface area contributed by atoms with Crippen LogP contribution >= 0.6 is 0 Å². The summed E-state index contributed by atoms with van der Waals surface area (Å²) in [6.45, 7) is 5.30. The minimum absolute atomic E-state index is 0.102. The molecule has 0 aromatic rings. The summed E-state index contributed by atoms with van der Waals surface area (Å²) in [5.74, 6) is 1.04. The van der Waals surface area contributed by atoms with Crippen molar-refractivity contribution < 1.29 is 9.59 Å². The molecule has 2 unspecified atom stereocenters. The number of piperidine rings is 1. The van der Waals surface area contributed by atoms with Crippen LogP contribution in [0.15, 0.2) is 0 Å². The molecule has 19 heavy (non-hydrogen) atoms. The summed E-state index contributed by atoms with van der Waals surface area (Å²) in [6, 6.07) is 0.368. The lowest BCUT2D eigenvalue weighted by molar-refractivity contribution is -0.134. The minimum atomic E-state index is 0.102. The molecule has 2 atom stereocenters. The van der Waals surface area contributed by atoms with E-state index < -0.39 is 0 Å². The Hall–Kier alpha value is -1.06. The van der Waals surface area contributed by atoms with Crippen LogP contribution in [-0.4, -0.2) is 35.8 Å². The highest BCUT2D eigenvalue weighted by molar-refractivity contribution is 5.79. The molecule has 2 aliphatic rings. The van der Waals surface area contributed by atoms with Crippen LogP contribution in [0.3, 0.4) is 0 Å². The van der Waals surface area contributed by atoms with Crippen LogP contribution in [0.1, 0.15) is 52.4 Å². The van der Waals surface area contributed by atoms with Crippen LogP contribution < -0.4 is 5.32 Å². The van der Waals surface area contributed by atoms with Crippen molar-refractivity contribution >= 4 is 11.8 Å². The number of amides is 2. The van der Waals surface area contributed by atoms with E-state index in [4.69, 9.17) is 0 Å². The zero-order chi connectivity index (χ0) is 13.8. The zero-order valence-electron chi connectivity index (χ0n) is 12.2. The van der Waals surface area contributed by atoms with Gasteiger partial charge in [0.2, 0.25) is 11.8 Å². The molecular weight excluding hydrogens is 240 g/mol. The van der Waals surface area contributed by atoms with Crippen molar-refractivity contribution in [3.8, 4) is 0 Å². The second-order valence-corrected chi connectivity index (χ2v) is 6.16. The fourth-order valence-electron chi connectivity index (χ4n) is 3.29. The van der Waals surface area contributed by atoms with Gasteiger partial charge in [-0.25, -0.2) is 0 Å².